The smallest absolute Gasteiger partial charge is 0.461 e. The van der Waals surface area contributed by atoms with Crippen LogP contribution in [0.1, 0.15) is 63.5 Å². The van der Waals surface area contributed by atoms with E-state index in [0.717, 1.165) is 12.1 Å². The Labute approximate surface area is 339 Å². The Morgan fingerprint density at radius 1 is 0.831 bits per heavy atom. The second-order valence-electron chi connectivity index (χ2n) is 15.7. The molecule has 0 bridgehead atoms. The summed E-state index contributed by atoms with van der Waals surface area (Å²) in [5.41, 5.74) is 0.980. The first kappa shape index (κ1) is 42.9. The van der Waals surface area contributed by atoms with Crippen LogP contribution in [0.25, 0.3) is 0 Å². The van der Waals surface area contributed by atoms with Gasteiger partial charge < -0.3 is 40.1 Å². The van der Waals surface area contributed by atoms with Crippen molar-refractivity contribution in [2.75, 3.05) is 26.2 Å². The average molecular weight is 827 g/mol. The van der Waals surface area contributed by atoms with Crippen molar-refractivity contribution in [2.24, 2.45) is 5.92 Å². The number of carbonyl (C=O) groups excluding carboxylic acids is 7. The van der Waals surface area contributed by atoms with Gasteiger partial charge in [0.25, 0.3) is 0 Å². The predicted molar refractivity (Wildman–Crippen MR) is 203 cm³/mol. The highest BCUT2D eigenvalue weighted by Crippen LogP contribution is 2.28. The molecule has 0 radical (unpaired) electrons. The molecule has 4 saturated heterocycles. The monoisotopic (exact) mass is 826 g/mol. The van der Waals surface area contributed by atoms with E-state index in [-0.39, 0.29) is 51.2 Å². The average Bonchev–Trinajstić information content (AvgIpc) is 3.86. The van der Waals surface area contributed by atoms with E-state index in [1.807, 2.05) is 6.92 Å². The third kappa shape index (κ3) is 10.7. The lowest BCUT2D eigenvalue weighted by molar-refractivity contribution is -0.274. The number of benzene rings is 2. The SMILES string of the molecule is C[C@H]1CC2C(=O)OC[C@H](NC(=O)[C@H](Cc3ccccc3)NC(=O)Cc3ccc(OC(F)(F)F)cc3)C(=O)N3CCCC3C(=O)N3CCCCC3C(=O)N[C@@H](C)C(=O)N2C1. The van der Waals surface area contributed by atoms with Gasteiger partial charge in [-0.2, -0.15) is 0 Å². The van der Waals surface area contributed by atoms with Gasteiger partial charge in [-0.1, -0.05) is 49.4 Å². The molecule has 3 unspecified atom stereocenters. The zero-order valence-electron chi connectivity index (χ0n) is 32.9. The molecule has 4 heterocycles. The molecule has 6 amide bonds. The zero-order valence-corrected chi connectivity index (χ0v) is 32.9. The van der Waals surface area contributed by atoms with Gasteiger partial charge in [-0.25, -0.2) is 4.79 Å². The molecule has 2 aromatic carbocycles. The molecule has 6 rings (SSSR count). The first-order valence-corrected chi connectivity index (χ1v) is 19.9. The normalized spacial score (nSPS) is 26.3. The number of alkyl halides is 3. The Kier molecular flexibility index (Phi) is 13.5. The van der Waals surface area contributed by atoms with Crippen molar-refractivity contribution in [3.8, 4) is 5.75 Å². The van der Waals surface area contributed by atoms with Crippen LogP contribution in [0.15, 0.2) is 54.6 Å². The summed E-state index contributed by atoms with van der Waals surface area (Å²) in [4.78, 5) is 102. The number of nitrogens with zero attached hydrogens (tertiary/aromatic N) is 3. The number of rotatable bonds is 8. The lowest BCUT2D eigenvalue weighted by atomic mass is 9.99. The van der Waals surface area contributed by atoms with Gasteiger partial charge in [0, 0.05) is 26.1 Å². The number of fused-ring (bicyclic) bond motifs is 3. The quantitative estimate of drug-likeness (QED) is 0.336. The molecule has 3 N–H and O–H groups in total. The van der Waals surface area contributed by atoms with Crippen molar-refractivity contribution in [3.05, 3.63) is 65.7 Å². The fourth-order valence-electron chi connectivity index (χ4n) is 8.29. The summed E-state index contributed by atoms with van der Waals surface area (Å²) in [5.74, 6) is -4.99. The zero-order chi connectivity index (χ0) is 42.4. The van der Waals surface area contributed by atoms with Gasteiger partial charge in [0.1, 0.15) is 48.6 Å². The number of ether oxygens (including phenoxy) is 2. The maximum absolute atomic E-state index is 14.5. The molecule has 0 aliphatic carbocycles. The van der Waals surface area contributed by atoms with Gasteiger partial charge in [-0.15, -0.1) is 13.2 Å². The number of nitrogens with one attached hydrogen (secondary N) is 3. The topological polar surface area (TPSA) is 184 Å². The number of halogens is 3. The lowest BCUT2D eigenvalue weighted by Crippen LogP contribution is -2.62. The molecule has 0 spiro atoms. The van der Waals surface area contributed by atoms with Crippen LogP contribution in [0.3, 0.4) is 0 Å². The van der Waals surface area contributed by atoms with Gasteiger partial charge in [-0.05, 0) is 74.6 Å². The van der Waals surface area contributed by atoms with Crippen molar-refractivity contribution in [3.63, 3.8) is 0 Å². The second kappa shape index (κ2) is 18.5. The Balaban J connectivity index is 1.27. The highest BCUT2D eigenvalue weighted by Gasteiger charge is 2.46. The van der Waals surface area contributed by atoms with Crippen LogP contribution in [0.5, 0.6) is 5.75 Å². The second-order valence-corrected chi connectivity index (χ2v) is 15.7. The minimum absolute atomic E-state index is 0.0318. The van der Waals surface area contributed by atoms with Gasteiger partial charge in [0.2, 0.25) is 35.4 Å². The fourth-order valence-corrected chi connectivity index (χ4v) is 8.29. The summed E-state index contributed by atoms with van der Waals surface area (Å²) >= 11 is 0. The van der Waals surface area contributed by atoms with Gasteiger partial charge >= 0.3 is 12.3 Å². The van der Waals surface area contributed by atoms with Crippen LogP contribution in [0.4, 0.5) is 13.2 Å². The van der Waals surface area contributed by atoms with Crippen molar-refractivity contribution >= 4 is 41.4 Å². The molecule has 318 valence electrons. The largest absolute Gasteiger partial charge is 0.573 e. The van der Waals surface area contributed by atoms with E-state index >= 15 is 0 Å². The lowest BCUT2D eigenvalue weighted by Gasteiger charge is -2.39. The number of cyclic esters (lactones) is 1. The number of hydrogen-bond acceptors (Lipinski definition) is 9. The Bertz CT molecular complexity index is 1900. The number of esters is 1. The third-order valence-electron chi connectivity index (χ3n) is 11.2. The summed E-state index contributed by atoms with van der Waals surface area (Å²) in [6.45, 7) is 3.38. The molecule has 4 fully saturated rings. The number of amides is 6. The number of hydrogen-bond donors (Lipinski definition) is 3. The third-order valence-corrected chi connectivity index (χ3v) is 11.2. The molecule has 4 aliphatic heterocycles. The fraction of sp³-hybridized carbons (Fsp3) is 0.537. The summed E-state index contributed by atoms with van der Waals surface area (Å²) < 4.78 is 47.6. The molecular formula is C41H49F3N6O9. The molecule has 4 aliphatic rings. The van der Waals surface area contributed by atoms with Gasteiger partial charge in [-0.3, -0.25) is 28.8 Å². The summed E-state index contributed by atoms with van der Waals surface area (Å²) in [6.07, 6.45) is -2.57. The van der Waals surface area contributed by atoms with Crippen LogP contribution in [-0.2, 0) is 51.1 Å². The van der Waals surface area contributed by atoms with Gasteiger partial charge in [0.15, 0.2) is 0 Å². The van der Waals surface area contributed by atoms with Gasteiger partial charge in [0.05, 0.1) is 6.42 Å². The van der Waals surface area contributed by atoms with E-state index in [1.165, 1.54) is 33.8 Å². The minimum Gasteiger partial charge on any atom is -0.461 e. The number of piperidine rings is 1. The van der Waals surface area contributed by atoms with Crippen LogP contribution >= 0.6 is 0 Å². The van der Waals surface area contributed by atoms with E-state index in [1.54, 1.807) is 30.3 Å². The van der Waals surface area contributed by atoms with Crippen molar-refractivity contribution in [1.82, 2.24) is 30.7 Å². The Morgan fingerprint density at radius 3 is 2.22 bits per heavy atom. The molecular weight excluding hydrogens is 777 g/mol. The Hall–Kier alpha value is -5.68. The van der Waals surface area contributed by atoms with Crippen molar-refractivity contribution in [2.45, 2.75) is 108 Å². The standard InChI is InChI=1S/C41H49F3N6O9/c1-24-19-33-40(57)58-23-30(38(55)49-18-8-12-32(49)39(56)48-17-7-6-11-31(48)36(53)45-25(2)37(54)50(33)22-24)47-35(52)29(20-26-9-4-3-5-10-26)46-34(51)21-27-13-15-28(16-14-27)59-41(42,43)44/h3-5,9-10,13-16,24-25,29-33H,6-8,11-12,17-23H2,1-2H3,(H,45,53)(H,46,51)(H,47,52)/t24-,25-,29-,30-,31?,32?,33?/m0/s1. The van der Waals surface area contributed by atoms with Crippen LogP contribution in [0.2, 0.25) is 0 Å². The van der Waals surface area contributed by atoms with Crippen molar-refractivity contribution in [1.29, 1.82) is 0 Å². The van der Waals surface area contributed by atoms with Crippen LogP contribution in [-0.4, -0.2) is 125 Å². The van der Waals surface area contributed by atoms with E-state index in [9.17, 15) is 46.7 Å². The highest BCUT2D eigenvalue weighted by molar-refractivity contribution is 5.98. The van der Waals surface area contributed by atoms with E-state index in [4.69, 9.17) is 4.74 Å². The predicted octanol–water partition coefficient (Wildman–Crippen LogP) is 2.01. The maximum atomic E-state index is 14.5. The molecule has 0 aromatic heterocycles. The molecule has 59 heavy (non-hydrogen) atoms. The van der Waals surface area contributed by atoms with E-state index in [2.05, 4.69) is 20.7 Å². The van der Waals surface area contributed by atoms with Crippen LogP contribution in [0, 0.1) is 5.92 Å². The minimum atomic E-state index is -4.89. The highest BCUT2D eigenvalue weighted by atomic mass is 19.4. The molecule has 15 nitrogen and oxygen atoms in total. The van der Waals surface area contributed by atoms with E-state index in [0.29, 0.717) is 36.8 Å². The van der Waals surface area contributed by atoms with E-state index < -0.39 is 96.4 Å². The summed E-state index contributed by atoms with van der Waals surface area (Å²) in [5, 5.41) is 8.10. The molecule has 7 atom stereocenters. The summed E-state index contributed by atoms with van der Waals surface area (Å²) in [6, 6.07) is 6.71. The molecule has 0 saturated carbocycles. The number of carbonyl (C=O) groups is 7. The first-order chi connectivity index (χ1) is 28.1. The van der Waals surface area contributed by atoms with Crippen molar-refractivity contribution < 1.29 is 56.2 Å². The maximum Gasteiger partial charge on any atom is 0.573 e. The molecule has 2 aromatic rings. The first-order valence-electron chi connectivity index (χ1n) is 19.9. The molecule has 18 heteroatoms. The summed E-state index contributed by atoms with van der Waals surface area (Å²) in [7, 11) is 0. The van der Waals surface area contributed by atoms with Crippen LogP contribution < -0.4 is 20.7 Å². The Morgan fingerprint density at radius 2 is 1.51 bits per heavy atom.